The Morgan fingerprint density at radius 1 is 1.11 bits per heavy atom. The minimum absolute atomic E-state index is 0.359. The van der Waals surface area contributed by atoms with Gasteiger partial charge in [-0.05, 0) is 51.0 Å². The monoisotopic (exact) mass is 260 g/mol. The topological polar surface area (TPSA) is 15.3 Å². The number of piperidine rings is 1. The molecule has 0 amide bonds. The highest BCUT2D eigenvalue weighted by molar-refractivity contribution is 5.27. The summed E-state index contributed by atoms with van der Waals surface area (Å²) in [7, 11) is 0. The van der Waals surface area contributed by atoms with Gasteiger partial charge in [0.15, 0.2) is 0 Å². The van der Waals surface area contributed by atoms with Gasteiger partial charge < -0.3 is 10.2 Å². The van der Waals surface area contributed by atoms with Gasteiger partial charge in [0.1, 0.15) is 0 Å². The number of nitrogens with one attached hydrogen (secondary N) is 1. The summed E-state index contributed by atoms with van der Waals surface area (Å²) in [5, 5.41) is 3.51. The van der Waals surface area contributed by atoms with E-state index in [2.05, 4.69) is 54.4 Å². The van der Waals surface area contributed by atoms with Crippen LogP contribution < -0.4 is 5.32 Å². The Bertz CT molecular complexity index is 355. The Morgan fingerprint density at radius 2 is 1.79 bits per heavy atom. The van der Waals surface area contributed by atoms with Gasteiger partial charge in [0.05, 0.1) is 0 Å². The first kappa shape index (κ1) is 14.5. The Morgan fingerprint density at radius 3 is 2.37 bits per heavy atom. The molecule has 2 nitrogen and oxygen atoms in total. The minimum atomic E-state index is 0.359. The standard InChI is InChI=1S/C17H28N2/c1-3-14-19(4-2)15-17(10-12-18-13-11-17)16-8-6-5-7-9-16/h5-9,18H,3-4,10-15H2,1-2H3. The molecule has 1 fully saturated rings. The summed E-state index contributed by atoms with van der Waals surface area (Å²) in [5.74, 6) is 0. The molecule has 2 rings (SSSR count). The lowest BCUT2D eigenvalue weighted by Crippen LogP contribution is -2.47. The number of rotatable bonds is 6. The molecule has 0 saturated carbocycles. The second-order valence-electron chi connectivity index (χ2n) is 5.77. The van der Waals surface area contributed by atoms with Gasteiger partial charge in [0, 0.05) is 12.0 Å². The van der Waals surface area contributed by atoms with Crippen LogP contribution in [-0.4, -0.2) is 37.6 Å². The maximum atomic E-state index is 3.51. The molecular formula is C17H28N2. The smallest absolute Gasteiger partial charge is 0.0104 e. The molecule has 0 aliphatic carbocycles. The van der Waals surface area contributed by atoms with Gasteiger partial charge in [-0.15, -0.1) is 0 Å². The van der Waals surface area contributed by atoms with Crippen molar-refractivity contribution in [3.8, 4) is 0 Å². The van der Waals surface area contributed by atoms with E-state index in [0.717, 1.165) is 19.6 Å². The van der Waals surface area contributed by atoms with Gasteiger partial charge >= 0.3 is 0 Å². The maximum absolute atomic E-state index is 3.51. The van der Waals surface area contributed by atoms with Crippen LogP contribution in [0.4, 0.5) is 0 Å². The molecule has 106 valence electrons. The van der Waals surface area contributed by atoms with Crippen LogP contribution in [0.5, 0.6) is 0 Å². The molecule has 0 bridgehead atoms. The van der Waals surface area contributed by atoms with E-state index in [9.17, 15) is 0 Å². The Hall–Kier alpha value is -0.860. The van der Waals surface area contributed by atoms with E-state index in [1.807, 2.05) is 0 Å². The van der Waals surface area contributed by atoms with Gasteiger partial charge in [0.2, 0.25) is 0 Å². The van der Waals surface area contributed by atoms with E-state index in [0.29, 0.717) is 5.41 Å². The fourth-order valence-electron chi connectivity index (χ4n) is 3.33. The number of hydrogen-bond acceptors (Lipinski definition) is 2. The first-order valence-corrected chi connectivity index (χ1v) is 7.79. The zero-order valence-corrected chi connectivity index (χ0v) is 12.5. The van der Waals surface area contributed by atoms with E-state index in [1.54, 1.807) is 0 Å². The van der Waals surface area contributed by atoms with Crippen LogP contribution in [0.1, 0.15) is 38.7 Å². The van der Waals surface area contributed by atoms with E-state index in [-0.39, 0.29) is 0 Å². The predicted molar refractivity (Wildman–Crippen MR) is 82.6 cm³/mol. The molecule has 0 unspecified atom stereocenters. The molecule has 0 aromatic heterocycles. The van der Waals surface area contributed by atoms with Crippen LogP contribution >= 0.6 is 0 Å². The largest absolute Gasteiger partial charge is 0.317 e. The molecule has 2 heteroatoms. The van der Waals surface area contributed by atoms with Gasteiger partial charge in [0.25, 0.3) is 0 Å². The van der Waals surface area contributed by atoms with Crippen molar-refractivity contribution >= 4 is 0 Å². The molecule has 0 radical (unpaired) electrons. The van der Waals surface area contributed by atoms with Crippen molar-refractivity contribution in [3.05, 3.63) is 35.9 Å². The number of hydrogen-bond donors (Lipinski definition) is 1. The molecule has 1 aliphatic rings. The highest BCUT2D eigenvalue weighted by Gasteiger charge is 2.34. The average molecular weight is 260 g/mol. The quantitative estimate of drug-likeness (QED) is 0.846. The van der Waals surface area contributed by atoms with Crippen molar-refractivity contribution in [1.29, 1.82) is 0 Å². The summed E-state index contributed by atoms with van der Waals surface area (Å²) >= 11 is 0. The SMILES string of the molecule is CCCN(CC)CC1(c2ccccc2)CCNCC1. The van der Waals surface area contributed by atoms with Crippen LogP contribution in [-0.2, 0) is 5.41 Å². The molecule has 0 spiro atoms. The second kappa shape index (κ2) is 7.06. The van der Waals surface area contributed by atoms with Gasteiger partial charge in [-0.25, -0.2) is 0 Å². The molecular weight excluding hydrogens is 232 g/mol. The van der Waals surface area contributed by atoms with Crippen LogP contribution in [0.25, 0.3) is 0 Å². The van der Waals surface area contributed by atoms with Crippen molar-refractivity contribution in [3.63, 3.8) is 0 Å². The average Bonchev–Trinajstić information content (AvgIpc) is 2.49. The van der Waals surface area contributed by atoms with Crippen LogP contribution in [0.2, 0.25) is 0 Å². The van der Waals surface area contributed by atoms with Crippen molar-refractivity contribution in [2.45, 2.75) is 38.5 Å². The van der Waals surface area contributed by atoms with Gasteiger partial charge in [-0.1, -0.05) is 44.2 Å². The molecule has 0 atom stereocenters. The lowest BCUT2D eigenvalue weighted by Gasteiger charge is -2.42. The first-order valence-electron chi connectivity index (χ1n) is 7.79. The fraction of sp³-hybridized carbons (Fsp3) is 0.647. The minimum Gasteiger partial charge on any atom is -0.317 e. The highest BCUT2D eigenvalue weighted by atomic mass is 15.1. The zero-order chi connectivity index (χ0) is 13.6. The number of nitrogens with zero attached hydrogens (tertiary/aromatic N) is 1. The lowest BCUT2D eigenvalue weighted by molar-refractivity contribution is 0.180. The summed E-state index contributed by atoms with van der Waals surface area (Å²) in [6.07, 6.45) is 3.77. The second-order valence-corrected chi connectivity index (χ2v) is 5.77. The van der Waals surface area contributed by atoms with Crippen molar-refractivity contribution < 1.29 is 0 Å². The molecule has 19 heavy (non-hydrogen) atoms. The van der Waals surface area contributed by atoms with Gasteiger partial charge in [-0.2, -0.15) is 0 Å². The first-order chi connectivity index (χ1) is 9.30. The summed E-state index contributed by atoms with van der Waals surface area (Å²) in [4.78, 5) is 2.62. The molecule has 1 N–H and O–H groups in total. The van der Waals surface area contributed by atoms with Gasteiger partial charge in [-0.3, -0.25) is 0 Å². The Balaban J connectivity index is 2.19. The maximum Gasteiger partial charge on any atom is 0.0104 e. The third-order valence-corrected chi connectivity index (χ3v) is 4.46. The lowest BCUT2D eigenvalue weighted by atomic mass is 9.72. The van der Waals surface area contributed by atoms with Crippen LogP contribution in [0, 0.1) is 0 Å². The zero-order valence-electron chi connectivity index (χ0n) is 12.5. The number of benzene rings is 1. The normalized spacial score (nSPS) is 18.7. The fourth-order valence-corrected chi connectivity index (χ4v) is 3.33. The summed E-state index contributed by atoms with van der Waals surface area (Å²) in [5.41, 5.74) is 1.89. The molecule has 1 aromatic carbocycles. The Kier molecular flexibility index (Phi) is 5.41. The van der Waals surface area contributed by atoms with E-state index in [4.69, 9.17) is 0 Å². The molecule has 1 saturated heterocycles. The molecule has 1 aromatic rings. The van der Waals surface area contributed by atoms with Crippen molar-refractivity contribution in [2.75, 3.05) is 32.7 Å². The van der Waals surface area contributed by atoms with E-state index < -0.39 is 0 Å². The molecule has 1 aliphatic heterocycles. The molecule has 1 heterocycles. The summed E-state index contributed by atoms with van der Waals surface area (Å²) < 4.78 is 0. The Labute approximate surface area is 118 Å². The van der Waals surface area contributed by atoms with Crippen molar-refractivity contribution in [2.24, 2.45) is 0 Å². The summed E-state index contributed by atoms with van der Waals surface area (Å²) in [6, 6.07) is 11.2. The van der Waals surface area contributed by atoms with Crippen molar-refractivity contribution in [1.82, 2.24) is 10.2 Å². The third kappa shape index (κ3) is 3.58. The van der Waals surface area contributed by atoms with E-state index in [1.165, 1.54) is 37.9 Å². The van der Waals surface area contributed by atoms with Crippen LogP contribution in [0.3, 0.4) is 0 Å². The highest BCUT2D eigenvalue weighted by Crippen LogP contribution is 2.34. The summed E-state index contributed by atoms with van der Waals surface area (Å²) in [6.45, 7) is 10.5. The van der Waals surface area contributed by atoms with E-state index >= 15 is 0 Å². The predicted octanol–water partition coefficient (Wildman–Crippen LogP) is 3.04. The van der Waals surface area contributed by atoms with Crippen LogP contribution in [0.15, 0.2) is 30.3 Å². The third-order valence-electron chi connectivity index (χ3n) is 4.46. The number of likely N-dealkylation sites (N-methyl/N-ethyl adjacent to an activating group) is 1.